The highest BCUT2D eigenvalue weighted by Crippen LogP contribution is 2.34. The predicted octanol–water partition coefficient (Wildman–Crippen LogP) is 2.36. The van der Waals surface area contributed by atoms with E-state index in [0.29, 0.717) is 0 Å². The molecule has 0 aromatic heterocycles. The molecule has 2 aromatic rings. The van der Waals surface area contributed by atoms with Gasteiger partial charge in [-0.2, -0.15) is 8.42 Å². The Balaban J connectivity index is 2.42. The molecule has 0 unspecified atom stereocenters. The zero-order valence-corrected chi connectivity index (χ0v) is 11.9. The summed E-state index contributed by atoms with van der Waals surface area (Å²) < 4.78 is 32.0. The smallest absolute Gasteiger partial charge is 0.289 e. The van der Waals surface area contributed by atoms with Crippen LogP contribution in [0.15, 0.2) is 41.3 Å². The summed E-state index contributed by atoms with van der Waals surface area (Å²) >= 11 is 5.96. The maximum absolute atomic E-state index is 12.5. The van der Waals surface area contributed by atoms with Gasteiger partial charge in [0.2, 0.25) is 0 Å². The molecule has 0 bridgehead atoms. The van der Waals surface area contributed by atoms with Gasteiger partial charge in [-0.25, -0.2) is 0 Å². The Morgan fingerprint density at radius 1 is 0.857 bits per heavy atom. The van der Waals surface area contributed by atoms with Gasteiger partial charge in [0.05, 0.1) is 16.1 Å². The number of halogens is 1. The van der Waals surface area contributed by atoms with E-state index in [2.05, 4.69) is 0 Å². The minimum Gasteiger partial charge on any atom is -0.289 e. The fourth-order valence-corrected chi connectivity index (χ4v) is 3.35. The highest BCUT2D eigenvalue weighted by atomic mass is 35.5. The van der Waals surface area contributed by atoms with Gasteiger partial charge in [-0.3, -0.25) is 14.1 Å². The summed E-state index contributed by atoms with van der Waals surface area (Å²) in [4.78, 5) is 24.3. The summed E-state index contributed by atoms with van der Waals surface area (Å²) in [5.41, 5.74) is -0.337. The second-order valence-corrected chi connectivity index (χ2v) is 6.27. The lowest BCUT2D eigenvalue weighted by molar-refractivity contribution is 0.0976. The number of carbonyl (C=O) groups is 2. The predicted molar refractivity (Wildman–Crippen MR) is 74.6 cm³/mol. The summed E-state index contributed by atoms with van der Waals surface area (Å²) in [5, 5.41) is 0.119. The zero-order chi connectivity index (χ0) is 15.4. The van der Waals surface area contributed by atoms with Gasteiger partial charge in [0, 0.05) is 11.1 Å². The lowest BCUT2D eigenvalue weighted by Gasteiger charge is -2.19. The molecule has 0 radical (unpaired) electrons. The minimum atomic E-state index is -4.62. The van der Waals surface area contributed by atoms with Crippen LogP contribution < -0.4 is 0 Å². The SMILES string of the molecule is O=C1c2cccc(S(=O)(=O)O)c2C(=O)c2cccc(Cl)c21. The van der Waals surface area contributed by atoms with Crippen LogP contribution in [0.3, 0.4) is 0 Å². The fourth-order valence-electron chi connectivity index (χ4n) is 2.38. The van der Waals surface area contributed by atoms with Crippen LogP contribution in [0.2, 0.25) is 5.02 Å². The molecule has 1 N–H and O–H groups in total. The quantitative estimate of drug-likeness (QED) is 0.695. The van der Waals surface area contributed by atoms with Crippen LogP contribution in [0.25, 0.3) is 0 Å². The molecule has 0 aliphatic heterocycles. The van der Waals surface area contributed by atoms with Crippen LogP contribution in [0.5, 0.6) is 0 Å². The molecule has 0 saturated carbocycles. The highest BCUT2D eigenvalue weighted by molar-refractivity contribution is 7.86. The third-order valence-electron chi connectivity index (χ3n) is 3.26. The summed E-state index contributed by atoms with van der Waals surface area (Å²) in [7, 11) is -4.62. The monoisotopic (exact) mass is 322 g/mol. The third-order valence-corrected chi connectivity index (χ3v) is 4.47. The van der Waals surface area contributed by atoms with E-state index >= 15 is 0 Å². The van der Waals surface area contributed by atoms with E-state index in [1.165, 1.54) is 30.3 Å². The first-order chi connectivity index (χ1) is 9.82. The molecule has 0 fully saturated rings. The van der Waals surface area contributed by atoms with Gasteiger partial charge in [0.25, 0.3) is 10.1 Å². The van der Waals surface area contributed by atoms with Crippen molar-refractivity contribution in [1.29, 1.82) is 0 Å². The van der Waals surface area contributed by atoms with E-state index in [9.17, 15) is 22.6 Å². The molecule has 5 nitrogen and oxygen atoms in total. The summed E-state index contributed by atoms with van der Waals surface area (Å²) in [6.07, 6.45) is 0. The summed E-state index contributed by atoms with van der Waals surface area (Å²) in [6.45, 7) is 0. The van der Waals surface area contributed by atoms with Crippen LogP contribution in [0.4, 0.5) is 0 Å². The lowest BCUT2D eigenvalue weighted by Crippen LogP contribution is -2.24. The molecule has 0 spiro atoms. The van der Waals surface area contributed by atoms with Crippen molar-refractivity contribution >= 4 is 33.3 Å². The van der Waals surface area contributed by atoms with E-state index in [0.717, 1.165) is 6.07 Å². The van der Waals surface area contributed by atoms with E-state index in [1.807, 2.05) is 0 Å². The standard InChI is InChI=1S/C14H7ClO5S/c15-9-5-1-3-7-11(9)13(16)8-4-2-6-10(21(18,19)20)12(8)14(7)17/h1-6H,(H,18,19,20). The molecular formula is C14H7ClO5S. The molecule has 7 heteroatoms. The molecule has 1 aliphatic rings. The van der Waals surface area contributed by atoms with Crippen LogP contribution in [-0.2, 0) is 10.1 Å². The summed E-state index contributed by atoms with van der Waals surface area (Å²) in [5.74, 6) is -1.20. The highest BCUT2D eigenvalue weighted by Gasteiger charge is 2.35. The van der Waals surface area contributed by atoms with Crippen molar-refractivity contribution in [1.82, 2.24) is 0 Å². The fraction of sp³-hybridized carbons (Fsp3) is 0. The molecule has 2 aromatic carbocycles. The van der Waals surface area contributed by atoms with Crippen molar-refractivity contribution in [2.24, 2.45) is 0 Å². The van der Waals surface area contributed by atoms with Gasteiger partial charge in [-0.15, -0.1) is 0 Å². The second-order valence-electron chi connectivity index (χ2n) is 4.47. The topological polar surface area (TPSA) is 88.5 Å². The Kier molecular flexibility index (Phi) is 2.98. The number of fused-ring (bicyclic) bond motifs is 2. The minimum absolute atomic E-state index is 0.0242. The van der Waals surface area contributed by atoms with Gasteiger partial charge < -0.3 is 0 Å². The molecule has 0 amide bonds. The first kappa shape index (κ1) is 13.9. The van der Waals surface area contributed by atoms with Gasteiger partial charge in [-0.05, 0) is 12.1 Å². The molecule has 106 valence electrons. The summed E-state index contributed by atoms with van der Waals surface area (Å²) in [6, 6.07) is 8.06. The first-order valence-electron chi connectivity index (χ1n) is 5.81. The van der Waals surface area contributed by atoms with E-state index in [-0.39, 0.29) is 27.3 Å². The van der Waals surface area contributed by atoms with E-state index < -0.39 is 26.6 Å². The molecule has 3 rings (SSSR count). The molecule has 1 aliphatic carbocycles. The Labute approximate surface area is 124 Å². The average Bonchev–Trinajstić information content (AvgIpc) is 2.43. The molecule has 0 atom stereocenters. The van der Waals surface area contributed by atoms with Crippen molar-refractivity contribution < 1.29 is 22.6 Å². The number of hydrogen-bond acceptors (Lipinski definition) is 4. The van der Waals surface area contributed by atoms with Gasteiger partial charge in [-0.1, -0.05) is 35.9 Å². The van der Waals surface area contributed by atoms with Gasteiger partial charge in [0.15, 0.2) is 11.6 Å². The average molecular weight is 323 g/mol. The van der Waals surface area contributed by atoms with Crippen molar-refractivity contribution in [2.45, 2.75) is 4.90 Å². The van der Waals surface area contributed by atoms with Gasteiger partial charge in [0.1, 0.15) is 4.90 Å². The van der Waals surface area contributed by atoms with Gasteiger partial charge >= 0.3 is 0 Å². The number of hydrogen-bond donors (Lipinski definition) is 1. The lowest BCUT2D eigenvalue weighted by atomic mass is 9.84. The Morgan fingerprint density at radius 2 is 1.38 bits per heavy atom. The molecule has 21 heavy (non-hydrogen) atoms. The van der Waals surface area contributed by atoms with Crippen LogP contribution >= 0.6 is 11.6 Å². The number of carbonyl (C=O) groups excluding carboxylic acids is 2. The van der Waals surface area contributed by atoms with Crippen molar-refractivity contribution in [3.05, 3.63) is 63.7 Å². The third kappa shape index (κ3) is 1.99. The second kappa shape index (κ2) is 4.49. The van der Waals surface area contributed by atoms with Crippen molar-refractivity contribution in [3.63, 3.8) is 0 Å². The Bertz CT molecular complexity index is 915. The zero-order valence-electron chi connectivity index (χ0n) is 10.3. The number of rotatable bonds is 1. The molecule has 0 heterocycles. The van der Waals surface area contributed by atoms with E-state index in [4.69, 9.17) is 11.6 Å². The molecular weight excluding hydrogens is 316 g/mol. The van der Waals surface area contributed by atoms with E-state index in [1.54, 1.807) is 0 Å². The maximum Gasteiger partial charge on any atom is 0.295 e. The van der Waals surface area contributed by atoms with Crippen LogP contribution in [0.1, 0.15) is 31.8 Å². The first-order valence-corrected chi connectivity index (χ1v) is 7.62. The molecule has 0 saturated heterocycles. The number of benzene rings is 2. The van der Waals surface area contributed by atoms with Crippen LogP contribution in [-0.4, -0.2) is 24.5 Å². The number of ketones is 2. The Hall–Kier alpha value is -2.02. The van der Waals surface area contributed by atoms with Crippen molar-refractivity contribution in [3.8, 4) is 0 Å². The van der Waals surface area contributed by atoms with Crippen molar-refractivity contribution in [2.75, 3.05) is 0 Å². The van der Waals surface area contributed by atoms with Crippen LogP contribution in [0, 0.1) is 0 Å². The maximum atomic E-state index is 12.5. The largest absolute Gasteiger partial charge is 0.295 e. The Morgan fingerprint density at radius 3 is 2.00 bits per heavy atom. The normalized spacial score (nSPS) is 13.8.